The summed E-state index contributed by atoms with van der Waals surface area (Å²) in [5.74, 6) is 0. The Labute approximate surface area is 65.8 Å². The van der Waals surface area contributed by atoms with E-state index in [1.807, 2.05) is 6.92 Å². The predicted octanol–water partition coefficient (Wildman–Crippen LogP) is 0.775. The van der Waals surface area contributed by atoms with Crippen LogP contribution in [0.5, 0.6) is 0 Å². The molecular formula is C7H13NO3. The molecule has 1 aliphatic heterocycles. The predicted molar refractivity (Wildman–Crippen MR) is 39.6 cm³/mol. The van der Waals surface area contributed by atoms with E-state index in [2.05, 4.69) is 0 Å². The van der Waals surface area contributed by atoms with Gasteiger partial charge in [0.2, 0.25) is 0 Å². The van der Waals surface area contributed by atoms with E-state index >= 15 is 0 Å². The molecule has 1 amide bonds. The third-order valence-corrected chi connectivity index (χ3v) is 1.72. The second-order valence-corrected chi connectivity index (χ2v) is 2.76. The van der Waals surface area contributed by atoms with Gasteiger partial charge >= 0.3 is 6.09 Å². The zero-order valence-electron chi connectivity index (χ0n) is 6.62. The summed E-state index contributed by atoms with van der Waals surface area (Å²) in [6, 6.07) is 0. The molecule has 0 aromatic rings. The molecule has 0 saturated carbocycles. The summed E-state index contributed by atoms with van der Waals surface area (Å²) in [7, 11) is 0. The lowest BCUT2D eigenvalue weighted by Gasteiger charge is -2.17. The van der Waals surface area contributed by atoms with Gasteiger partial charge in [-0.2, -0.15) is 0 Å². The van der Waals surface area contributed by atoms with Crippen LogP contribution in [0.15, 0.2) is 0 Å². The molecular weight excluding hydrogens is 146 g/mol. The van der Waals surface area contributed by atoms with Crippen molar-refractivity contribution in [3.8, 4) is 0 Å². The van der Waals surface area contributed by atoms with Crippen LogP contribution in [0.2, 0.25) is 0 Å². The Balaban J connectivity index is 2.45. The Morgan fingerprint density at radius 3 is 3.09 bits per heavy atom. The summed E-state index contributed by atoms with van der Waals surface area (Å²) in [6.45, 7) is 3.65. The van der Waals surface area contributed by atoms with Gasteiger partial charge in [-0.1, -0.05) is 0 Å². The van der Waals surface area contributed by atoms with E-state index < -0.39 is 6.09 Å². The van der Waals surface area contributed by atoms with Crippen LogP contribution in [0.3, 0.4) is 0 Å². The Bertz CT molecular complexity index is 149. The van der Waals surface area contributed by atoms with Crippen LogP contribution in [-0.2, 0) is 4.74 Å². The standard InChI is InChI=1S/C7H13NO3/c1-6-5-8(7(9)10)3-2-4-11-6/h6H,2-5H2,1H3,(H,9,10). The Hall–Kier alpha value is -0.770. The largest absolute Gasteiger partial charge is 0.465 e. The van der Waals surface area contributed by atoms with Gasteiger partial charge in [-0.3, -0.25) is 0 Å². The van der Waals surface area contributed by atoms with Crippen molar-refractivity contribution < 1.29 is 14.6 Å². The minimum Gasteiger partial charge on any atom is -0.465 e. The van der Waals surface area contributed by atoms with Crippen molar-refractivity contribution >= 4 is 6.09 Å². The monoisotopic (exact) mass is 159 g/mol. The van der Waals surface area contributed by atoms with E-state index in [1.165, 1.54) is 4.90 Å². The third-order valence-electron chi connectivity index (χ3n) is 1.72. The summed E-state index contributed by atoms with van der Waals surface area (Å²) >= 11 is 0. The molecule has 1 N–H and O–H groups in total. The summed E-state index contributed by atoms with van der Waals surface area (Å²) in [5.41, 5.74) is 0. The molecule has 1 rings (SSSR count). The minimum absolute atomic E-state index is 0.0357. The first kappa shape index (κ1) is 8.33. The van der Waals surface area contributed by atoms with Crippen LogP contribution >= 0.6 is 0 Å². The zero-order valence-corrected chi connectivity index (χ0v) is 6.62. The van der Waals surface area contributed by atoms with Crippen LogP contribution < -0.4 is 0 Å². The molecule has 0 bridgehead atoms. The molecule has 11 heavy (non-hydrogen) atoms. The minimum atomic E-state index is -0.845. The fourth-order valence-corrected chi connectivity index (χ4v) is 1.17. The maximum Gasteiger partial charge on any atom is 0.407 e. The number of hydrogen-bond donors (Lipinski definition) is 1. The van der Waals surface area contributed by atoms with E-state index in [9.17, 15) is 4.79 Å². The van der Waals surface area contributed by atoms with Gasteiger partial charge in [0.15, 0.2) is 0 Å². The summed E-state index contributed by atoms with van der Waals surface area (Å²) < 4.78 is 5.28. The quantitative estimate of drug-likeness (QED) is 0.568. The van der Waals surface area contributed by atoms with Crippen molar-refractivity contribution in [2.24, 2.45) is 0 Å². The van der Waals surface area contributed by atoms with Gasteiger partial charge in [-0.15, -0.1) is 0 Å². The number of rotatable bonds is 0. The van der Waals surface area contributed by atoms with Crippen molar-refractivity contribution in [2.45, 2.75) is 19.4 Å². The first-order valence-electron chi connectivity index (χ1n) is 3.79. The number of carbonyl (C=O) groups is 1. The molecule has 1 aliphatic rings. The molecule has 0 aromatic carbocycles. The Morgan fingerprint density at radius 1 is 1.73 bits per heavy atom. The van der Waals surface area contributed by atoms with Crippen molar-refractivity contribution in [3.63, 3.8) is 0 Å². The summed E-state index contributed by atoms with van der Waals surface area (Å²) in [4.78, 5) is 11.9. The van der Waals surface area contributed by atoms with Crippen LogP contribution in [-0.4, -0.2) is 41.9 Å². The lowest BCUT2D eigenvalue weighted by Crippen LogP contribution is -2.34. The van der Waals surface area contributed by atoms with Crippen LogP contribution in [0.4, 0.5) is 4.79 Å². The van der Waals surface area contributed by atoms with Gasteiger partial charge in [0.1, 0.15) is 0 Å². The number of amides is 1. The molecule has 0 aliphatic carbocycles. The normalized spacial score (nSPS) is 26.3. The van der Waals surface area contributed by atoms with E-state index in [-0.39, 0.29) is 6.10 Å². The van der Waals surface area contributed by atoms with E-state index in [4.69, 9.17) is 9.84 Å². The van der Waals surface area contributed by atoms with Crippen LogP contribution in [0.1, 0.15) is 13.3 Å². The molecule has 0 spiro atoms. The molecule has 1 unspecified atom stereocenters. The van der Waals surface area contributed by atoms with Gasteiger partial charge in [0.05, 0.1) is 6.10 Å². The SMILES string of the molecule is CC1CN(C(=O)O)CCCO1. The molecule has 0 radical (unpaired) electrons. The molecule has 1 saturated heterocycles. The third kappa shape index (κ3) is 2.38. The van der Waals surface area contributed by atoms with Crippen LogP contribution in [0.25, 0.3) is 0 Å². The second-order valence-electron chi connectivity index (χ2n) is 2.76. The van der Waals surface area contributed by atoms with Gasteiger partial charge in [-0.25, -0.2) is 4.79 Å². The van der Waals surface area contributed by atoms with Crippen LogP contribution in [0, 0.1) is 0 Å². The summed E-state index contributed by atoms with van der Waals surface area (Å²) in [5, 5.41) is 8.65. The first-order chi connectivity index (χ1) is 5.20. The van der Waals surface area contributed by atoms with Crippen molar-refractivity contribution in [1.82, 2.24) is 4.90 Å². The average molecular weight is 159 g/mol. The van der Waals surface area contributed by atoms with Gasteiger partial charge in [0, 0.05) is 19.7 Å². The molecule has 1 atom stereocenters. The van der Waals surface area contributed by atoms with Crippen molar-refractivity contribution in [2.75, 3.05) is 19.7 Å². The lowest BCUT2D eigenvalue weighted by molar-refractivity contribution is 0.0664. The highest BCUT2D eigenvalue weighted by atomic mass is 16.5. The highest BCUT2D eigenvalue weighted by Crippen LogP contribution is 2.04. The maximum atomic E-state index is 10.5. The molecule has 64 valence electrons. The van der Waals surface area contributed by atoms with Gasteiger partial charge in [-0.05, 0) is 13.3 Å². The highest BCUT2D eigenvalue weighted by Gasteiger charge is 2.18. The van der Waals surface area contributed by atoms with Crippen molar-refractivity contribution in [3.05, 3.63) is 0 Å². The molecule has 4 heteroatoms. The van der Waals surface area contributed by atoms with Gasteiger partial charge in [0.25, 0.3) is 0 Å². The maximum absolute atomic E-state index is 10.5. The van der Waals surface area contributed by atoms with Crippen molar-refractivity contribution in [1.29, 1.82) is 0 Å². The highest BCUT2D eigenvalue weighted by molar-refractivity contribution is 5.64. The number of nitrogens with zero attached hydrogens (tertiary/aromatic N) is 1. The fourth-order valence-electron chi connectivity index (χ4n) is 1.17. The summed E-state index contributed by atoms with van der Waals surface area (Å²) in [6.07, 6.45) is -0.00708. The number of carboxylic acid groups (broad SMARTS) is 1. The second kappa shape index (κ2) is 3.57. The lowest BCUT2D eigenvalue weighted by atomic mass is 10.4. The van der Waals surface area contributed by atoms with E-state index in [0.29, 0.717) is 19.7 Å². The fraction of sp³-hybridized carbons (Fsp3) is 0.857. The zero-order chi connectivity index (χ0) is 8.27. The number of ether oxygens (including phenoxy) is 1. The topological polar surface area (TPSA) is 49.8 Å². The number of hydrogen-bond acceptors (Lipinski definition) is 2. The molecule has 0 aromatic heterocycles. The first-order valence-corrected chi connectivity index (χ1v) is 3.79. The smallest absolute Gasteiger partial charge is 0.407 e. The Kier molecular flexibility index (Phi) is 2.70. The van der Waals surface area contributed by atoms with E-state index in [1.54, 1.807) is 0 Å². The van der Waals surface area contributed by atoms with E-state index in [0.717, 1.165) is 6.42 Å². The molecule has 1 fully saturated rings. The Morgan fingerprint density at radius 2 is 2.45 bits per heavy atom. The molecule has 4 nitrogen and oxygen atoms in total. The van der Waals surface area contributed by atoms with Gasteiger partial charge < -0.3 is 14.7 Å². The average Bonchev–Trinajstić information content (AvgIpc) is 2.13. The molecule has 1 heterocycles.